The first-order valence-electron chi connectivity index (χ1n) is 5.28. The second kappa shape index (κ2) is 6.75. The van der Waals surface area contributed by atoms with E-state index in [2.05, 4.69) is 10.0 Å². The van der Waals surface area contributed by atoms with Crippen molar-refractivity contribution in [2.24, 2.45) is 5.11 Å². The minimum atomic E-state index is -1.12. The number of azide groups is 1. The van der Waals surface area contributed by atoms with Gasteiger partial charge in [0.1, 0.15) is 11.9 Å². The molecule has 0 bridgehead atoms. The van der Waals surface area contributed by atoms with Gasteiger partial charge in [0.25, 0.3) is 0 Å². The lowest BCUT2D eigenvalue weighted by molar-refractivity contribution is 0.0243. The summed E-state index contributed by atoms with van der Waals surface area (Å²) in [7, 11) is 0. The van der Waals surface area contributed by atoms with Crippen molar-refractivity contribution in [2.75, 3.05) is 13.2 Å². The van der Waals surface area contributed by atoms with Crippen molar-refractivity contribution in [3.8, 4) is 5.75 Å². The molecule has 1 rings (SSSR count). The summed E-state index contributed by atoms with van der Waals surface area (Å²) in [6, 6.07) is 6.81. The van der Waals surface area contributed by atoms with Crippen LogP contribution in [-0.4, -0.2) is 29.5 Å². The summed E-state index contributed by atoms with van der Waals surface area (Å²) < 4.78 is 5.28. The Balaban J connectivity index is 2.76. The Hall–Kier alpha value is -1.75. The lowest BCUT2D eigenvalue weighted by Gasteiger charge is -2.16. The normalized spacial score (nSPS) is 13.6. The number of ether oxygens (including phenoxy) is 1. The Kier molecular flexibility index (Phi) is 5.29. The number of aliphatic hydroxyl groups excluding tert-OH is 2. The van der Waals surface area contributed by atoms with Crippen molar-refractivity contribution in [1.82, 2.24) is 0 Å². The summed E-state index contributed by atoms with van der Waals surface area (Å²) in [5.74, 6) is 0.625. The van der Waals surface area contributed by atoms with Crippen LogP contribution in [0.15, 0.2) is 29.4 Å². The van der Waals surface area contributed by atoms with Crippen molar-refractivity contribution in [3.05, 3.63) is 40.3 Å². The Morgan fingerprint density at radius 1 is 1.47 bits per heavy atom. The monoisotopic (exact) mass is 237 g/mol. The smallest absolute Gasteiger partial charge is 0.119 e. The molecule has 0 heterocycles. The van der Waals surface area contributed by atoms with E-state index >= 15 is 0 Å². The molecule has 0 aromatic heterocycles. The molecule has 2 atom stereocenters. The lowest BCUT2D eigenvalue weighted by Crippen LogP contribution is -2.21. The number of aliphatic hydroxyl groups is 2. The van der Waals surface area contributed by atoms with E-state index in [1.165, 1.54) is 0 Å². The van der Waals surface area contributed by atoms with Crippen LogP contribution in [0.4, 0.5) is 0 Å². The first-order chi connectivity index (χ1) is 8.19. The van der Waals surface area contributed by atoms with Crippen molar-refractivity contribution in [1.29, 1.82) is 0 Å². The third-order valence-corrected chi connectivity index (χ3v) is 2.21. The van der Waals surface area contributed by atoms with Crippen molar-refractivity contribution in [2.45, 2.75) is 19.1 Å². The van der Waals surface area contributed by atoms with E-state index in [4.69, 9.17) is 10.3 Å². The molecule has 17 heavy (non-hydrogen) atoms. The largest absolute Gasteiger partial charge is 0.494 e. The van der Waals surface area contributed by atoms with Gasteiger partial charge in [0.15, 0.2) is 0 Å². The van der Waals surface area contributed by atoms with Crippen LogP contribution in [0.25, 0.3) is 10.4 Å². The van der Waals surface area contributed by atoms with E-state index in [0.717, 1.165) is 0 Å². The van der Waals surface area contributed by atoms with E-state index in [0.29, 0.717) is 17.9 Å². The van der Waals surface area contributed by atoms with E-state index in [-0.39, 0.29) is 6.54 Å². The second-order valence-electron chi connectivity index (χ2n) is 3.43. The van der Waals surface area contributed by atoms with Crippen LogP contribution in [0, 0.1) is 0 Å². The first-order valence-corrected chi connectivity index (χ1v) is 5.28. The van der Waals surface area contributed by atoms with Crippen LogP contribution >= 0.6 is 0 Å². The molecule has 0 radical (unpaired) electrons. The van der Waals surface area contributed by atoms with Crippen LogP contribution in [0.3, 0.4) is 0 Å². The molecule has 0 aliphatic carbocycles. The van der Waals surface area contributed by atoms with Crippen LogP contribution in [0.1, 0.15) is 18.6 Å². The molecule has 0 saturated carbocycles. The van der Waals surface area contributed by atoms with Crippen molar-refractivity contribution >= 4 is 0 Å². The fourth-order valence-electron chi connectivity index (χ4n) is 1.40. The van der Waals surface area contributed by atoms with Gasteiger partial charge in [-0.2, -0.15) is 0 Å². The summed E-state index contributed by atoms with van der Waals surface area (Å²) in [4.78, 5) is 2.53. The summed E-state index contributed by atoms with van der Waals surface area (Å²) >= 11 is 0. The summed E-state index contributed by atoms with van der Waals surface area (Å²) in [5.41, 5.74) is 8.65. The molecule has 2 unspecified atom stereocenters. The van der Waals surface area contributed by atoms with Gasteiger partial charge in [0, 0.05) is 4.91 Å². The number of benzene rings is 1. The fraction of sp³-hybridized carbons (Fsp3) is 0.455. The Morgan fingerprint density at radius 2 is 2.24 bits per heavy atom. The molecule has 0 spiro atoms. The molecule has 1 aromatic rings. The zero-order valence-electron chi connectivity index (χ0n) is 9.52. The predicted molar refractivity (Wildman–Crippen MR) is 62.6 cm³/mol. The van der Waals surface area contributed by atoms with E-state index < -0.39 is 12.2 Å². The molecule has 0 amide bonds. The Bertz CT molecular complexity index is 405. The quantitative estimate of drug-likeness (QED) is 0.448. The van der Waals surface area contributed by atoms with E-state index in [1.54, 1.807) is 24.3 Å². The van der Waals surface area contributed by atoms with Crippen molar-refractivity contribution < 1.29 is 14.9 Å². The van der Waals surface area contributed by atoms with E-state index in [1.807, 2.05) is 6.92 Å². The molecule has 0 aliphatic rings. The average Bonchev–Trinajstić information content (AvgIpc) is 2.35. The average molecular weight is 237 g/mol. The third-order valence-electron chi connectivity index (χ3n) is 2.21. The summed E-state index contributed by atoms with van der Waals surface area (Å²) in [6.45, 7) is 2.22. The topological polar surface area (TPSA) is 98.5 Å². The maximum absolute atomic E-state index is 9.82. The van der Waals surface area contributed by atoms with Crippen LogP contribution in [-0.2, 0) is 0 Å². The maximum Gasteiger partial charge on any atom is 0.119 e. The highest BCUT2D eigenvalue weighted by Gasteiger charge is 2.17. The SMILES string of the molecule is CCOc1cccc(C(O)C(O)CN=[N+]=[N-])c1. The van der Waals surface area contributed by atoms with Gasteiger partial charge in [-0.15, -0.1) is 0 Å². The van der Waals surface area contributed by atoms with Crippen molar-refractivity contribution in [3.63, 3.8) is 0 Å². The molecular formula is C11H15N3O3. The minimum Gasteiger partial charge on any atom is -0.494 e. The van der Waals surface area contributed by atoms with Gasteiger partial charge in [-0.1, -0.05) is 17.2 Å². The predicted octanol–water partition coefficient (Wildman–Crippen LogP) is 1.79. The van der Waals surface area contributed by atoms with Gasteiger partial charge < -0.3 is 14.9 Å². The van der Waals surface area contributed by atoms with Gasteiger partial charge in [0.2, 0.25) is 0 Å². The summed E-state index contributed by atoms with van der Waals surface area (Å²) in [5, 5.41) is 22.6. The van der Waals surface area contributed by atoms with Gasteiger partial charge >= 0.3 is 0 Å². The molecule has 2 N–H and O–H groups in total. The first kappa shape index (κ1) is 13.3. The van der Waals surface area contributed by atoms with Gasteiger partial charge in [-0.25, -0.2) is 0 Å². The molecular weight excluding hydrogens is 222 g/mol. The molecule has 6 nitrogen and oxygen atoms in total. The standard InChI is InChI=1S/C11H15N3O3/c1-2-17-9-5-3-4-8(6-9)11(16)10(15)7-13-14-12/h3-6,10-11,15-16H,2,7H2,1H3. The summed E-state index contributed by atoms with van der Waals surface area (Å²) in [6.07, 6.45) is -2.22. The lowest BCUT2D eigenvalue weighted by atomic mass is 10.0. The highest BCUT2D eigenvalue weighted by atomic mass is 16.5. The Labute approximate surface area is 99.1 Å². The molecule has 1 aromatic carbocycles. The second-order valence-corrected chi connectivity index (χ2v) is 3.43. The molecule has 0 saturated heterocycles. The van der Waals surface area contributed by atoms with Gasteiger partial charge in [-0.3, -0.25) is 0 Å². The highest BCUT2D eigenvalue weighted by molar-refractivity contribution is 5.30. The maximum atomic E-state index is 9.82. The molecule has 92 valence electrons. The highest BCUT2D eigenvalue weighted by Crippen LogP contribution is 2.22. The fourth-order valence-corrected chi connectivity index (χ4v) is 1.40. The molecule has 6 heteroatoms. The van der Waals surface area contributed by atoms with Crippen LogP contribution < -0.4 is 4.74 Å². The molecule has 0 fully saturated rings. The number of rotatable bonds is 6. The number of nitrogens with zero attached hydrogens (tertiary/aromatic N) is 3. The van der Waals surface area contributed by atoms with Gasteiger partial charge in [-0.05, 0) is 30.2 Å². The zero-order chi connectivity index (χ0) is 12.7. The minimum absolute atomic E-state index is 0.170. The zero-order valence-corrected chi connectivity index (χ0v) is 9.52. The Morgan fingerprint density at radius 3 is 2.88 bits per heavy atom. The third kappa shape index (κ3) is 3.96. The number of hydrogen-bond acceptors (Lipinski definition) is 4. The van der Waals surface area contributed by atoms with Crippen LogP contribution in [0.5, 0.6) is 5.75 Å². The van der Waals surface area contributed by atoms with E-state index in [9.17, 15) is 10.2 Å². The number of hydrogen-bond donors (Lipinski definition) is 2. The van der Waals surface area contributed by atoms with Gasteiger partial charge in [0.05, 0.1) is 19.3 Å². The molecule has 0 aliphatic heterocycles. The van der Waals surface area contributed by atoms with Crippen LogP contribution in [0.2, 0.25) is 0 Å².